The Morgan fingerprint density at radius 3 is 2.44 bits per heavy atom. The summed E-state index contributed by atoms with van der Waals surface area (Å²) in [5.41, 5.74) is 1.77. The topological polar surface area (TPSA) is 129 Å². The van der Waals surface area contributed by atoms with Crippen LogP contribution in [0.5, 0.6) is 5.75 Å². The highest BCUT2D eigenvalue weighted by molar-refractivity contribution is 7.92. The fraction of sp³-hybridized carbons (Fsp3) is 0.321. The zero-order valence-corrected chi connectivity index (χ0v) is 24.8. The van der Waals surface area contributed by atoms with E-state index in [2.05, 4.69) is 32.5 Å². The molecule has 0 aliphatic rings. The first-order valence-electron chi connectivity index (χ1n) is 12.8. The number of ether oxygens (including phenoxy) is 1. The molecule has 1 heterocycles. The van der Waals surface area contributed by atoms with E-state index in [1.165, 1.54) is 25.3 Å². The van der Waals surface area contributed by atoms with Crippen molar-refractivity contribution in [3.05, 3.63) is 61.1 Å². The molecule has 11 nitrogen and oxygen atoms in total. The van der Waals surface area contributed by atoms with Crippen molar-refractivity contribution < 1.29 is 22.3 Å². The molecule has 3 aromatic rings. The highest BCUT2D eigenvalue weighted by Crippen LogP contribution is 2.38. The van der Waals surface area contributed by atoms with E-state index in [0.29, 0.717) is 29.4 Å². The van der Waals surface area contributed by atoms with Gasteiger partial charge in [0, 0.05) is 26.2 Å². The summed E-state index contributed by atoms with van der Waals surface area (Å²) >= 11 is 0. The molecular formula is C28H36FN7O4S. The van der Waals surface area contributed by atoms with Gasteiger partial charge in [0.25, 0.3) is 0 Å². The molecule has 41 heavy (non-hydrogen) atoms. The highest BCUT2D eigenvalue weighted by Gasteiger charge is 2.23. The number of rotatable bonds is 13. The molecular weight excluding hydrogens is 549 g/mol. The lowest BCUT2D eigenvalue weighted by Crippen LogP contribution is -2.29. The molecule has 0 spiro atoms. The summed E-state index contributed by atoms with van der Waals surface area (Å²) in [5, 5.41) is 7.94. The lowest BCUT2D eigenvalue weighted by Gasteiger charge is -2.26. The van der Waals surface area contributed by atoms with Gasteiger partial charge in [-0.2, -0.15) is 4.98 Å². The molecule has 0 radical (unpaired) electrons. The molecule has 0 atom stereocenters. The molecule has 2 aromatic carbocycles. The van der Waals surface area contributed by atoms with Gasteiger partial charge in [0.15, 0.2) is 21.5 Å². The van der Waals surface area contributed by atoms with E-state index in [1.54, 1.807) is 38.1 Å². The number of nitrogens with zero attached hydrogens (tertiary/aromatic N) is 4. The van der Waals surface area contributed by atoms with Crippen LogP contribution in [0, 0.1) is 5.82 Å². The van der Waals surface area contributed by atoms with Gasteiger partial charge in [-0.25, -0.2) is 17.8 Å². The summed E-state index contributed by atoms with van der Waals surface area (Å²) in [6.45, 7) is 8.11. The largest absolute Gasteiger partial charge is 0.494 e. The van der Waals surface area contributed by atoms with Gasteiger partial charge in [-0.3, -0.25) is 4.79 Å². The number of likely N-dealkylation sites (N-methyl/N-ethyl adjacent to an activating group) is 2. The Bertz CT molecular complexity index is 1510. The van der Waals surface area contributed by atoms with E-state index in [9.17, 15) is 17.6 Å². The predicted octanol–water partition coefficient (Wildman–Crippen LogP) is 4.42. The number of sulfone groups is 1. The number of methoxy groups -OCH3 is 1. The number of anilines is 6. The summed E-state index contributed by atoms with van der Waals surface area (Å²) in [5.74, 6) is -0.984. The van der Waals surface area contributed by atoms with Gasteiger partial charge in [-0.1, -0.05) is 18.7 Å². The van der Waals surface area contributed by atoms with Gasteiger partial charge in [-0.05, 0) is 52.2 Å². The first-order chi connectivity index (χ1) is 19.4. The number of aromatic nitrogens is 2. The molecule has 0 fully saturated rings. The molecule has 1 amide bonds. The number of carbonyl (C=O) groups is 1. The lowest BCUT2D eigenvalue weighted by atomic mass is 10.2. The monoisotopic (exact) mass is 585 g/mol. The van der Waals surface area contributed by atoms with Gasteiger partial charge in [-0.15, -0.1) is 0 Å². The molecule has 0 unspecified atom stereocenters. The molecule has 3 rings (SSSR count). The maximum absolute atomic E-state index is 14.8. The van der Waals surface area contributed by atoms with Crippen molar-refractivity contribution in [3.8, 4) is 5.75 Å². The van der Waals surface area contributed by atoms with Crippen molar-refractivity contribution in [1.82, 2.24) is 14.9 Å². The van der Waals surface area contributed by atoms with E-state index < -0.39 is 26.8 Å². The molecule has 13 heteroatoms. The Labute approximate surface area is 240 Å². The normalized spacial score (nSPS) is 11.3. The maximum atomic E-state index is 14.8. The average molecular weight is 586 g/mol. The van der Waals surface area contributed by atoms with Crippen molar-refractivity contribution in [2.45, 2.75) is 24.0 Å². The predicted molar refractivity (Wildman–Crippen MR) is 161 cm³/mol. The first kappa shape index (κ1) is 31.3. The molecule has 0 saturated heterocycles. The second-order valence-corrected chi connectivity index (χ2v) is 12.2. The Balaban J connectivity index is 2.00. The second kappa shape index (κ2) is 13.4. The van der Waals surface area contributed by atoms with Crippen LogP contribution in [0.2, 0.25) is 0 Å². The molecule has 0 aliphatic carbocycles. The minimum absolute atomic E-state index is 0.00566. The summed E-state index contributed by atoms with van der Waals surface area (Å²) < 4.78 is 46.1. The van der Waals surface area contributed by atoms with Crippen molar-refractivity contribution in [3.63, 3.8) is 0 Å². The number of hydrogen-bond donors (Lipinski definition) is 3. The smallest absolute Gasteiger partial charge is 0.247 e. The molecule has 0 aliphatic heterocycles. The van der Waals surface area contributed by atoms with Crippen LogP contribution in [0.15, 0.2) is 60.1 Å². The SMILES string of the molecule is C=CC(=O)Nc1cc(Nc2ncc(F)c(Nc3ccccc3S(=O)(=O)C(C)C)n2)c(OC)cc1N(C)CCN(C)C. The van der Waals surface area contributed by atoms with E-state index in [4.69, 9.17) is 4.74 Å². The number of amides is 1. The van der Waals surface area contributed by atoms with E-state index >= 15 is 0 Å². The lowest BCUT2D eigenvalue weighted by molar-refractivity contribution is -0.111. The standard InChI is InChI=1S/C28H36FN7O4S/c1-8-26(37)31-21-15-22(24(40-7)16-23(21)36(6)14-13-35(4)5)33-28-30-17-19(29)27(34-28)32-20-11-9-10-12-25(20)41(38,39)18(2)3/h8-12,15-18H,1,13-14H2,2-7H3,(H,31,37)(H2,30,32,33,34). The van der Waals surface area contributed by atoms with Gasteiger partial charge in [0.1, 0.15) is 5.75 Å². The zero-order valence-electron chi connectivity index (χ0n) is 24.0. The van der Waals surface area contributed by atoms with Gasteiger partial charge in [0.2, 0.25) is 11.9 Å². The van der Waals surface area contributed by atoms with Crippen LogP contribution in [-0.4, -0.2) is 75.8 Å². The Morgan fingerprint density at radius 2 is 1.80 bits per heavy atom. The number of halogens is 1. The minimum Gasteiger partial charge on any atom is -0.494 e. The van der Waals surface area contributed by atoms with Crippen LogP contribution in [0.25, 0.3) is 0 Å². The van der Waals surface area contributed by atoms with E-state index in [1.807, 2.05) is 30.9 Å². The van der Waals surface area contributed by atoms with Crippen LogP contribution in [0.4, 0.5) is 38.9 Å². The maximum Gasteiger partial charge on any atom is 0.247 e. The fourth-order valence-electron chi connectivity index (χ4n) is 3.74. The number of benzene rings is 2. The molecule has 220 valence electrons. The third kappa shape index (κ3) is 7.70. The highest BCUT2D eigenvalue weighted by atomic mass is 32.2. The molecule has 0 saturated carbocycles. The quantitative estimate of drug-likeness (QED) is 0.248. The third-order valence-corrected chi connectivity index (χ3v) is 8.32. The van der Waals surface area contributed by atoms with Crippen molar-refractivity contribution in [2.24, 2.45) is 0 Å². The fourth-order valence-corrected chi connectivity index (χ4v) is 4.94. The van der Waals surface area contributed by atoms with Crippen LogP contribution < -0.4 is 25.6 Å². The summed E-state index contributed by atoms with van der Waals surface area (Å²) in [6, 6.07) is 9.64. The summed E-state index contributed by atoms with van der Waals surface area (Å²) in [7, 11) is 3.67. The van der Waals surface area contributed by atoms with E-state index in [-0.39, 0.29) is 22.3 Å². The first-order valence-corrected chi connectivity index (χ1v) is 14.3. The zero-order chi connectivity index (χ0) is 30.3. The van der Waals surface area contributed by atoms with Gasteiger partial charge in [0.05, 0.1) is 46.2 Å². The van der Waals surface area contributed by atoms with Crippen LogP contribution in [-0.2, 0) is 14.6 Å². The Morgan fingerprint density at radius 1 is 1.10 bits per heavy atom. The number of nitrogens with one attached hydrogen (secondary N) is 3. The van der Waals surface area contributed by atoms with Gasteiger partial charge < -0.3 is 30.5 Å². The second-order valence-electron chi connectivity index (χ2n) is 9.72. The molecule has 3 N–H and O–H groups in total. The van der Waals surface area contributed by atoms with E-state index in [0.717, 1.165) is 12.7 Å². The Hall–Kier alpha value is -4.23. The van der Waals surface area contributed by atoms with Crippen LogP contribution in [0.3, 0.4) is 0 Å². The number of carbonyl (C=O) groups excluding carboxylic acids is 1. The van der Waals surface area contributed by atoms with Crippen molar-refractivity contribution in [2.75, 3.05) is 62.2 Å². The van der Waals surface area contributed by atoms with Gasteiger partial charge >= 0.3 is 0 Å². The Kier molecular flexibility index (Phi) is 10.2. The minimum atomic E-state index is -3.65. The number of para-hydroxylation sites is 1. The summed E-state index contributed by atoms with van der Waals surface area (Å²) in [6.07, 6.45) is 2.13. The van der Waals surface area contributed by atoms with Crippen LogP contribution >= 0.6 is 0 Å². The molecule has 0 bridgehead atoms. The molecule has 1 aromatic heterocycles. The van der Waals surface area contributed by atoms with Crippen LogP contribution in [0.1, 0.15) is 13.8 Å². The van der Waals surface area contributed by atoms with Crippen molar-refractivity contribution in [1.29, 1.82) is 0 Å². The van der Waals surface area contributed by atoms with Crippen molar-refractivity contribution >= 4 is 50.3 Å². The average Bonchev–Trinajstić information content (AvgIpc) is 2.93. The third-order valence-electron chi connectivity index (χ3n) is 6.11. The summed E-state index contributed by atoms with van der Waals surface area (Å²) in [4.78, 5) is 24.5. The number of hydrogen-bond acceptors (Lipinski definition) is 10.